The van der Waals surface area contributed by atoms with Crippen LogP contribution in [-0.2, 0) is 9.59 Å². The van der Waals surface area contributed by atoms with E-state index in [1.165, 1.54) is 0 Å². The second-order valence-corrected chi connectivity index (χ2v) is 4.25. The molecule has 1 unspecified atom stereocenters. The average molecular weight is 217 g/mol. The van der Waals surface area contributed by atoms with Crippen LogP contribution in [0.25, 0.3) is 0 Å². The van der Waals surface area contributed by atoms with E-state index in [4.69, 9.17) is 10.2 Å². The molecule has 0 fully saturated rings. The molecule has 15 heavy (non-hydrogen) atoms. The largest absolute Gasteiger partial charge is 0.481 e. The average Bonchev–Trinajstić information content (AvgIpc) is 1.99. The molecule has 0 aromatic heterocycles. The molecule has 0 saturated heterocycles. The van der Waals surface area contributed by atoms with Gasteiger partial charge in [0.05, 0.1) is 12.3 Å². The minimum atomic E-state index is -1.07. The van der Waals surface area contributed by atoms with Gasteiger partial charge in [0.25, 0.3) is 0 Å². The highest BCUT2D eigenvalue weighted by Crippen LogP contribution is 2.07. The minimum Gasteiger partial charge on any atom is -0.481 e. The predicted molar refractivity (Wildman–Crippen MR) is 55.7 cm³/mol. The van der Waals surface area contributed by atoms with Gasteiger partial charge in [-0.25, -0.2) is 0 Å². The van der Waals surface area contributed by atoms with Crippen LogP contribution < -0.4 is 0 Å². The molecule has 0 radical (unpaired) electrons. The Morgan fingerprint density at radius 1 is 1.20 bits per heavy atom. The topological polar surface area (TPSA) is 77.8 Å². The third-order valence-corrected chi connectivity index (χ3v) is 1.98. The first kappa shape index (κ1) is 13.9. The fourth-order valence-corrected chi connectivity index (χ4v) is 1.51. The molecule has 0 aliphatic rings. The van der Waals surface area contributed by atoms with Crippen molar-refractivity contribution in [3.8, 4) is 0 Å². The van der Waals surface area contributed by atoms with Crippen molar-refractivity contribution in [2.75, 3.05) is 20.1 Å². The molecule has 0 spiro atoms. The van der Waals surface area contributed by atoms with Crippen LogP contribution in [0.4, 0.5) is 0 Å². The zero-order chi connectivity index (χ0) is 12.0. The molecule has 1 atom stereocenters. The maximum atomic E-state index is 10.8. The lowest BCUT2D eigenvalue weighted by atomic mass is 10.0. The van der Waals surface area contributed by atoms with E-state index in [1.807, 2.05) is 18.7 Å². The van der Waals surface area contributed by atoms with Crippen molar-refractivity contribution < 1.29 is 19.8 Å². The van der Waals surface area contributed by atoms with Gasteiger partial charge < -0.3 is 15.1 Å². The Hall–Kier alpha value is -1.10. The summed E-state index contributed by atoms with van der Waals surface area (Å²) in [4.78, 5) is 23.1. The minimum absolute atomic E-state index is 0.278. The van der Waals surface area contributed by atoms with Gasteiger partial charge in [-0.2, -0.15) is 0 Å². The summed E-state index contributed by atoms with van der Waals surface area (Å²) in [6.45, 7) is 5.11. The summed E-state index contributed by atoms with van der Waals surface area (Å²) in [6, 6.07) is 0. The van der Waals surface area contributed by atoms with Gasteiger partial charge in [-0.3, -0.25) is 9.59 Å². The highest BCUT2D eigenvalue weighted by atomic mass is 16.4. The number of carboxylic acid groups (broad SMARTS) is 2. The molecule has 0 heterocycles. The summed E-state index contributed by atoms with van der Waals surface area (Å²) >= 11 is 0. The molecule has 0 aliphatic carbocycles. The van der Waals surface area contributed by atoms with Crippen LogP contribution in [0, 0.1) is 11.8 Å². The van der Waals surface area contributed by atoms with E-state index in [0.717, 1.165) is 6.54 Å². The lowest BCUT2D eigenvalue weighted by molar-refractivity contribution is -0.148. The van der Waals surface area contributed by atoms with E-state index < -0.39 is 17.9 Å². The molecule has 88 valence electrons. The number of carboxylic acids is 2. The molecule has 0 amide bonds. The van der Waals surface area contributed by atoms with Crippen molar-refractivity contribution in [2.24, 2.45) is 11.8 Å². The van der Waals surface area contributed by atoms with Gasteiger partial charge in [-0.15, -0.1) is 0 Å². The predicted octanol–water partition coefficient (Wildman–Crippen LogP) is 0.750. The first-order valence-corrected chi connectivity index (χ1v) is 4.96. The first-order valence-electron chi connectivity index (χ1n) is 4.96. The van der Waals surface area contributed by atoms with Gasteiger partial charge in [0.1, 0.15) is 0 Å². The molecule has 0 aliphatic heterocycles. The van der Waals surface area contributed by atoms with Crippen LogP contribution >= 0.6 is 0 Å². The number of hydrogen-bond acceptors (Lipinski definition) is 3. The van der Waals surface area contributed by atoms with Crippen molar-refractivity contribution in [2.45, 2.75) is 20.3 Å². The molecular formula is C10H19NO4. The normalized spacial score (nSPS) is 13.1. The lowest BCUT2D eigenvalue weighted by Gasteiger charge is -2.22. The van der Waals surface area contributed by atoms with Gasteiger partial charge in [0.2, 0.25) is 0 Å². The maximum absolute atomic E-state index is 10.8. The summed E-state index contributed by atoms with van der Waals surface area (Å²) in [6.07, 6.45) is -0.322. The van der Waals surface area contributed by atoms with Crippen LogP contribution in [0.2, 0.25) is 0 Å². The lowest BCUT2D eigenvalue weighted by Crippen LogP contribution is -2.33. The van der Waals surface area contributed by atoms with Crippen LogP contribution in [0.1, 0.15) is 20.3 Å². The third-order valence-electron chi connectivity index (χ3n) is 1.98. The highest BCUT2D eigenvalue weighted by molar-refractivity contribution is 5.77. The maximum Gasteiger partial charge on any atom is 0.308 e. The molecular weight excluding hydrogens is 198 g/mol. The van der Waals surface area contributed by atoms with Crippen molar-refractivity contribution in [3.63, 3.8) is 0 Å². The quantitative estimate of drug-likeness (QED) is 0.658. The van der Waals surface area contributed by atoms with E-state index >= 15 is 0 Å². The molecule has 0 bridgehead atoms. The second kappa shape index (κ2) is 6.40. The van der Waals surface area contributed by atoms with E-state index in [2.05, 4.69) is 0 Å². The zero-order valence-corrected chi connectivity index (χ0v) is 9.43. The van der Waals surface area contributed by atoms with E-state index in [9.17, 15) is 9.59 Å². The molecule has 5 heteroatoms. The highest BCUT2D eigenvalue weighted by Gasteiger charge is 2.22. The molecule has 0 aromatic carbocycles. The van der Waals surface area contributed by atoms with Crippen LogP contribution in [0.15, 0.2) is 0 Å². The van der Waals surface area contributed by atoms with Gasteiger partial charge in [-0.1, -0.05) is 13.8 Å². The SMILES string of the molecule is CC(C)CN(C)CC(CC(=O)O)C(=O)O. The van der Waals surface area contributed by atoms with Crippen molar-refractivity contribution in [1.82, 2.24) is 4.90 Å². The summed E-state index contributed by atoms with van der Waals surface area (Å²) in [5.41, 5.74) is 0. The smallest absolute Gasteiger partial charge is 0.308 e. The Morgan fingerprint density at radius 2 is 1.73 bits per heavy atom. The Kier molecular flexibility index (Phi) is 5.93. The van der Waals surface area contributed by atoms with Crippen molar-refractivity contribution in [3.05, 3.63) is 0 Å². The Labute approximate surface area is 89.7 Å². The summed E-state index contributed by atoms with van der Waals surface area (Å²) in [7, 11) is 1.80. The molecule has 0 aromatic rings. The Balaban J connectivity index is 4.16. The van der Waals surface area contributed by atoms with E-state index in [-0.39, 0.29) is 13.0 Å². The van der Waals surface area contributed by atoms with E-state index in [0.29, 0.717) is 5.92 Å². The van der Waals surface area contributed by atoms with Crippen LogP contribution in [-0.4, -0.2) is 47.2 Å². The van der Waals surface area contributed by atoms with E-state index in [1.54, 1.807) is 7.05 Å². The first-order chi connectivity index (χ1) is 6.82. The fraction of sp³-hybridized carbons (Fsp3) is 0.800. The third kappa shape index (κ3) is 6.90. The summed E-state index contributed by atoms with van der Waals surface area (Å²) in [5.74, 6) is -2.51. The van der Waals surface area contributed by atoms with Crippen molar-refractivity contribution in [1.29, 1.82) is 0 Å². The van der Waals surface area contributed by atoms with Gasteiger partial charge in [-0.05, 0) is 13.0 Å². The number of rotatable bonds is 7. The fourth-order valence-electron chi connectivity index (χ4n) is 1.51. The monoisotopic (exact) mass is 217 g/mol. The standard InChI is InChI=1S/C10H19NO4/c1-7(2)5-11(3)6-8(10(14)15)4-9(12)13/h7-8H,4-6H2,1-3H3,(H,12,13)(H,14,15). The summed E-state index contributed by atoms with van der Waals surface area (Å²) < 4.78 is 0. The Bertz CT molecular complexity index is 227. The van der Waals surface area contributed by atoms with Crippen molar-refractivity contribution >= 4 is 11.9 Å². The second-order valence-electron chi connectivity index (χ2n) is 4.25. The van der Waals surface area contributed by atoms with Crippen LogP contribution in [0.5, 0.6) is 0 Å². The van der Waals surface area contributed by atoms with Gasteiger partial charge >= 0.3 is 11.9 Å². The molecule has 2 N–H and O–H groups in total. The summed E-state index contributed by atoms with van der Waals surface area (Å²) in [5, 5.41) is 17.4. The number of aliphatic carboxylic acids is 2. The van der Waals surface area contributed by atoms with Gasteiger partial charge in [0, 0.05) is 13.1 Å². The number of hydrogen-bond donors (Lipinski definition) is 2. The number of carbonyl (C=O) groups is 2. The molecule has 0 rings (SSSR count). The Morgan fingerprint density at radius 3 is 2.07 bits per heavy atom. The molecule has 0 saturated carbocycles. The van der Waals surface area contributed by atoms with Gasteiger partial charge in [0.15, 0.2) is 0 Å². The molecule has 5 nitrogen and oxygen atoms in total. The zero-order valence-electron chi connectivity index (χ0n) is 9.43. The van der Waals surface area contributed by atoms with Crippen LogP contribution in [0.3, 0.4) is 0 Å². The number of nitrogens with zero attached hydrogens (tertiary/aromatic N) is 1.